The van der Waals surface area contributed by atoms with Crippen LogP contribution in [0.4, 0.5) is 0 Å². The van der Waals surface area contributed by atoms with E-state index in [4.69, 9.17) is 19.6 Å². The smallest absolute Gasteiger partial charge is 0.161 e. The summed E-state index contributed by atoms with van der Waals surface area (Å²) in [5, 5.41) is 15.6. The molecule has 4 rings (SSSR count). The van der Waals surface area contributed by atoms with Crippen molar-refractivity contribution < 1.29 is 14.3 Å². The summed E-state index contributed by atoms with van der Waals surface area (Å²) >= 11 is 0. The number of fused-ring (bicyclic) bond motifs is 1. The van der Waals surface area contributed by atoms with E-state index >= 15 is 0 Å². The Labute approximate surface area is 193 Å². The minimum absolute atomic E-state index is 0.228. The van der Waals surface area contributed by atoms with Crippen LogP contribution in [0, 0.1) is 11.3 Å². The molecule has 0 fully saturated rings. The third-order valence-electron chi connectivity index (χ3n) is 5.11. The quantitative estimate of drug-likeness (QED) is 0.230. The van der Waals surface area contributed by atoms with Gasteiger partial charge in [0.1, 0.15) is 13.2 Å². The minimum Gasteiger partial charge on any atom is -0.490 e. The topological polar surface area (TPSA) is 63.8 Å². The third-order valence-corrected chi connectivity index (χ3v) is 5.11. The Hall–Kier alpha value is -4.30. The van der Waals surface area contributed by atoms with Crippen LogP contribution in [0.25, 0.3) is 10.8 Å². The second kappa shape index (κ2) is 10.8. The van der Waals surface area contributed by atoms with Gasteiger partial charge in [0.2, 0.25) is 0 Å². The molecule has 0 aromatic heterocycles. The molecule has 5 nitrogen and oxygen atoms in total. The number of oxime groups is 1. The van der Waals surface area contributed by atoms with E-state index in [0.29, 0.717) is 30.3 Å². The normalized spacial score (nSPS) is 10.8. The van der Waals surface area contributed by atoms with Crippen LogP contribution in [0.5, 0.6) is 11.5 Å². The van der Waals surface area contributed by atoms with Gasteiger partial charge in [0.25, 0.3) is 0 Å². The lowest BCUT2D eigenvalue weighted by Gasteiger charge is -2.13. The summed E-state index contributed by atoms with van der Waals surface area (Å²) in [7, 11) is 0. The number of hydrogen-bond acceptors (Lipinski definition) is 5. The molecule has 0 saturated carbocycles. The minimum atomic E-state index is 0.228. The molecule has 0 aliphatic carbocycles. The highest BCUT2D eigenvalue weighted by atomic mass is 16.6. The Bertz CT molecular complexity index is 1310. The lowest BCUT2D eigenvalue weighted by atomic mass is 10.1. The standard InChI is InChI=1S/C28H24N2O3/c1-2-31-28-16-21(18-30-33-20-26-10-6-5-9-25(26)17-29)12-14-27(28)32-19-22-11-13-23-7-3-4-8-24(23)15-22/h3-16,18H,2,19-20H2,1H3/b30-18-. The van der Waals surface area contributed by atoms with Gasteiger partial charge in [0.05, 0.1) is 24.5 Å². The number of hydrogen-bond donors (Lipinski definition) is 0. The fraction of sp³-hybridized carbons (Fsp3) is 0.143. The van der Waals surface area contributed by atoms with Crippen molar-refractivity contribution in [1.29, 1.82) is 5.26 Å². The highest BCUT2D eigenvalue weighted by Crippen LogP contribution is 2.29. The summed E-state index contributed by atoms with van der Waals surface area (Å²) in [5.74, 6) is 1.32. The number of ether oxygens (including phenoxy) is 2. The van der Waals surface area contributed by atoms with Gasteiger partial charge in [0, 0.05) is 11.1 Å². The first-order valence-electron chi connectivity index (χ1n) is 10.8. The highest BCUT2D eigenvalue weighted by molar-refractivity contribution is 5.83. The molecule has 164 valence electrons. The van der Waals surface area contributed by atoms with Crippen LogP contribution in [0.15, 0.2) is 90.1 Å². The van der Waals surface area contributed by atoms with Gasteiger partial charge in [-0.25, -0.2) is 0 Å². The third kappa shape index (κ3) is 5.69. The Morgan fingerprint density at radius 2 is 1.64 bits per heavy atom. The van der Waals surface area contributed by atoms with E-state index in [9.17, 15) is 0 Å². The molecular formula is C28H24N2O3. The summed E-state index contributed by atoms with van der Waals surface area (Å²) in [6.07, 6.45) is 1.62. The molecule has 33 heavy (non-hydrogen) atoms. The second-order valence-electron chi connectivity index (χ2n) is 7.39. The Kier molecular flexibility index (Phi) is 7.19. The first-order valence-corrected chi connectivity index (χ1v) is 10.8. The van der Waals surface area contributed by atoms with Crippen LogP contribution in [0.1, 0.15) is 29.2 Å². The van der Waals surface area contributed by atoms with Crippen LogP contribution in [-0.2, 0) is 18.1 Å². The van der Waals surface area contributed by atoms with Crippen LogP contribution < -0.4 is 9.47 Å². The SMILES string of the molecule is CCOc1cc(/C=N\OCc2ccccc2C#N)ccc1OCc1ccc2ccccc2c1. The van der Waals surface area contributed by atoms with E-state index < -0.39 is 0 Å². The van der Waals surface area contributed by atoms with E-state index in [1.54, 1.807) is 12.3 Å². The van der Waals surface area contributed by atoms with Crippen LogP contribution >= 0.6 is 0 Å². The zero-order chi connectivity index (χ0) is 22.9. The van der Waals surface area contributed by atoms with Gasteiger partial charge < -0.3 is 14.3 Å². The number of benzene rings is 4. The first-order chi connectivity index (χ1) is 16.3. The predicted molar refractivity (Wildman–Crippen MR) is 129 cm³/mol. The van der Waals surface area contributed by atoms with Gasteiger partial charge in [0.15, 0.2) is 11.5 Å². The molecular weight excluding hydrogens is 412 g/mol. The summed E-state index contributed by atoms with van der Waals surface area (Å²) < 4.78 is 11.8. The summed E-state index contributed by atoms with van der Waals surface area (Å²) in [5.41, 5.74) is 3.29. The van der Waals surface area contributed by atoms with Crippen molar-refractivity contribution in [2.75, 3.05) is 6.61 Å². The molecule has 0 radical (unpaired) electrons. The molecule has 4 aromatic rings. The molecule has 0 saturated heterocycles. The molecule has 0 bridgehead atoms. The van der Waals surface area contributed by atoms with Gasteiger partial charge in [-0.05, 0) is 53.6 Å². The summed E-state index contributed by atoms with van der Waals surface area (Å²) in [4.78, 5) is 5.38. The van der Waals surface area contributed by atoms with Crippen LogP contribution in [0.2, 0.25) is 0 Å². The molecule has 5 heteroatoms. The number of nitrogens with zero attached hydrogens (tertiary/aromatic N) is 2. The summed E-state index contributed by atoms with van der Waals surface area (Å²) in [6.45, 7) is 3.13. The maximum Gasteiger partial charge on any atom is 0.161 e. The van der Waals surface area contributed by atoms with Crippen molar-refractivity contribution >= 4 is 17.0 Å². The van der Waals surface area contributed by atoms with Crippen molar-refractivity contribution in [3.63, 3.8) is 0 Å². The van der Waals surface area contributed by atoms with E-state index in [-0.39, 0.29) is 6.61 Å². The molecule has 0 aliphatic rings. The summed E-state index contributed by atoms with van der Waals surface area (Å²) in [6, 6.07) is 29.7. The average Bonchev–Trinajstić information content (AvgIpc) is 2.86. The van der Waals surface area contributed by atoms with Gasteiger partial charge in [-0.2, -0.15) is 5.26 Å². The van der Waals surface area contributed by atoms with Crippen molar-refractivity contribution in [2.24, 2.45) is 5.16 Å². The Balaban J connectivity index is 1.41. The molecule has 0 atom stereocenters. The molecule has 4 aromatic carbocycles. The van der Waals surface area contributed by atoms with Gasteiger partial charge in [-0.1, -0.05) is 59.8 Å². The lowest BCUT2D eigenvalue weighted by Crippen LogP contribution is -2.00. The molecule has 0 spiro atoms. The Morgan fingerprint density at radius 1 is 0.818 bits per heavy atom. The van der Waals surface area contributed by atoms with E-state index in [2.05, 4.69) is 41.6 Å². The van der Waals surface area contributed by atoms with E-state index in [1.165, 1.54) is 10.8 Å². The fourth-order valence-electron chi connectivity index (χ4n) is 3.44. The molecule has 0 unspecified atom stereocenters. The van der Waals surface area contributed by atoms with Crippen molar-refractivity contribution in [1.82, 2.24) is 0 Å². The molecule has 0 N–H and O–H groups in total. The second-order valence-corrected chi connectivity index (χ2v) is 7.39. The van der Waals surface area contributed by atoms with Gasteiger partial charge in [-0.15, -0.1) is 0 Å². The largest absolute Gasteiger partial charge is 0.490 e. The predicted octanol–water partition coefficient (Wildman–Crippen LogP) is 6.24. The maximum absolute atomic E-state index is 9.15. The van der Waals surface area contributed by atoms with Crippen molar-refractivity contribution in [3.05, 3.63) is 107 Å². The lowest BCUT2D eigenvalue weighted by molar-refractivity contribution is 0.132. The maximum atomic E-state index is 9.15. The van der Waals surface area contributed by atoms with Crippen molar-refractivity contribution in [2.45, 2.75) is 20.1 Å². The molecule has 0 aliphatic heterocycles. The fourth-order valence-corrected chi connectivity index (χ4v) is 3.44. The van der Waals surface area contributed by atoms with E-state index in [1.807, 2.05) is 55.5 Å². The molecule has 0 heterocycles. The number of nitriles is 1. The number of rotatable bonds is 9. The Morgan fingerprint density at radius 3 is 2.48 bits per heavy atom. The zero-order valence-corrected chi connectivity index (χ0v) is 18.4. The average molecular weight is 437 g/mol. The van der Waals surface area contributed by atoms with Gasteiger partial charge in [-0.3, -0.25) is 0 Å². The monoisotopic (exact) mass is 436 g/mol. The van der Waals surface area contributed by atoms with Gasteiger partial charge >= 0.3 is 0 Å². The zero-order valence-electron chi connectivity index (χ0n) is 18.4. The van der Waals surface area contributed by atoms with Crippen molar-refractivity contribution in [3.8, 4) is 17.6 Å². The first kappa shape index (κ1) is 21.9. The van der Waals surface area contributed by atoms with Crippen LogP contribution in [0.3, 0.4) is 0 Å². The van der Waals surface area contributed by atoms with Crippen LogP contribution in [-0.4, -0.2) is 12.8 Å². The molecule has 0 amide bonds. The van der Waals surface area contributed by atoms with E-state index in [0.717, 1.165) is 16.7 Å². The highest BCUT2D eigenvalue weighted by Gasteiger charge is 2.07.